The predicted octanol–water partition coefficient (Wildman–Crippen LogP) is 2.05. The lowest BCUT2D eigenvalue weighted by atomic mass is 10.2. The second kappa shape index (κ2) is 2.06. The Morgan fingerprint density at radius 2 is 2.18 bits per heavy atom. The second-order valence-electron chi connectivity index (χ2n) is 2.19. The summed E-state index contributed by atoms with van der Waals surface area (Å²) in [4.78, 5) is 3.02. The van der Waals surface area contributed by atoms with Crippen LogP contribution >= 0.6 is 0 Å². The Balaban J connectivity index is 2.89. The lowest BCUT2D eigenvalue weighted by molar-refractivity contribution is 1.13. The zero-order valence-electron chi connectivity index (χ0n) is 5.65. The number of benzene rings is 1. The van der Waals surface area contributed by atoms with Gasteiger partial charge in [-0.05, 0) is 12.1 Å². The first kappa shape index (κ1) is 5.86. The van der Waals surface area contributed by atoms with Crippen LogP contribution in [0, 0.1) is 5.39 Å². The van der Waals surface area contributed by atoms with Crippen LogP contribution in [-0.4, -0.2) is 10.2 Å². The third-order valence-corrected chi connectivity index (χ3v) is 1.54. The number of fused-ring (bicyclic) bond motifs is 1. The highest BCUT2D eigenvalue weighted by Gasteiger charge is 2.14. The molecule has 0 saturated heterocycles. The summed E-state index contributed by atoms with van der Waals surface area (Å²) in [5.74, 6) is 0.334. The molecule has 1 aromatic heterocycles. The van der Waals surface area contributed by atoms with Crippen LogP contribution in [-0.2, 0) is 0 Å². The fourth-order valence-electron chi connectivity index (χ4n) is 1.03. The second-order valence-corrected chi connectivity index (χ2v) is 2.19. The van der Waals surface area contributed by atoms with Crippen LogP contribution in [0.3, 0.4) is 0 Å². The molecule has 0 unspecified atom stereocenters. The molecule has 2 aromatic rings. The number of H-pyrrole nitrogens is 1. The minimum Gasteiger partial charge on any atom is -0.184 e. The maximum Gasteiger partial charge on any atom is 0.495 e. The molecule has 2 rings (SSSR count). The maximum atomic E-state index is 8.47. The molecule has 11 heavy (non-hydrogen) atoms. The quantitative estimate of drug-likeness (QED) is 0.576. The fourth-order valence-corrected chi connectivity index (χ4v) is 1.03. The fraction of sp³-hybridized carbons (Fsp3) is 0. The molecule has 1 N–H and O–H groups in total. The van der Waals surface area contributed by atoms with E-state index in [9.17, 15) is 0 Å². The standard InChI is InChI=1S/C7H5N4/c8-9-7-5-3-1-2-4-6(5)10-11-7/h1-4H,(H,10,11)/q+1. The largest absolute Gasteiger partial charge is 0.495 e. The Hall–Kier alpha value is -1.89. The third kappa shape index (κ3) is 0.749. The summed E-state index contributed by atoms with van der Waals surface area (Å²) in [5.41, 5.74) is 0.875. The van der Waals surface area contributed by atoms with Gasteiger partial charge in [0, 0.05) is 4.98 Å². The van der Waals surface area contributed by atoms with Crippen LogP contribution < -0.4 is 0 Å². The highest BCUT2D eigenvalue weighted by molar-refractivity contribution is 5.89. The van der Waals surface area contributed by atoms with Crippen LogP contribution in [0.5, 0.6) is 0 Å². The van der Waals surface area contributed by atoms with Gasteiger partial charge in [0.25, 0.3) is 0 Å². The molecule has 4 heteroatoms. The van der Waals surface area contributed by atoms with Crippen molar-refractivity contribution in [2.45, 2.75) is 0 Å². The van der Waals surface area contributed by atoms with Crippen LogP contribution in [0.1, 0.15) is 0 Å². The summed E-state index contributed by atoms with van der Waals surface area (Å²) < 4.78 is 0. The average molecular weight is 145 g/mol. The van der Waals surface area contributed by atoms with E-state index >= 15 is 0 Å². The van der Waals surface area contributed by atoms with Gasteiger partial charge in [-0.3, -0.25) is 0 Å². The van der Waals surface area contributed by atoms with Crippen LogP contribution in [0.2, 0.25) is 0 Å². The van der Waals surface area contributed by atoms with Crippen molar-refractivity contribution in [3.05, 3.63) is 29.2 Å². The van der Waals surface area contributed by atoms with Crippen molar-refractivity contribution in [2.75, 3.05) is 0 Å². The number of aromatic amines is 1. The Morgan fingerprint density at radius 3 is 3.00 bits per heavy atom. The number of para-hydroxylation sites is 1. The van der Waals surface area contributed by atoms with Gasteiger partial charge in [-0.2, -0.15) is 5.10 Å². The Morgan fingerprint density at radius 1 is 1.36 bits per heavy atom. The number of aromatic nitrogens is 2. The molecular weight excluding hydrogens is 140 g/mol. The van der Waals surface area contributed by atoms with Gasteiger partial charge in [0.2, 0.25) is 0 Å². The summed E-state index contributed by atoms with van der Waals surface area (Å²) in [7, 11) is 0. The first-order valence-electron chi connectivity index (χ1n) is 3.20. The normalized spacial score (nSPS) is 9.73. The molecule has 0 atom stereocenters. The topological polar surface area (TPSA) is 56.8 Å². The molecule has 0 fully saturated rings. The number of diazo groups is 1. The molecular formula is C7H5N4+. The summed E-state index contributed by atoms with van der Waals surface area (Å²) in [6.07, 6.45) is 0. The molecule has 1 aromatic carbocycles. The Labute approximate surface area is 62.5 Å². The highest BCUT2D eigenvalue weighted by atomic mass is 15.2. The van der Waals surface area contributed by atoms with Gasteiger partial charge in [0.15, 0.2) is 0 Å². The van der Waals surface area contributed by atoms with E-state index in [1.807, 2.05) is 24.3 Å². The van der Waals surface area contributed by atoms with E-state index in [1.54, 1.807) is 0 Å². The minimum atomic E-state index is 0.334. The molecule has 52 valence electrons. The van der Waals surface area contributed by atoms with Crippen LogP contribution in [0.25, 0.3) is 15.9 Å². The van der Waals surface area contributed by atoms with E-state index in [2.05, 4.69) is 15.2 Å². The van der Waals surface area contributed by atoms with E-state index in [4.69, 9.17) is 5.39 Å². The van der Waals surface area contributed by atoms with Crippen molar-refractivity contribution in [2.24, 2.45) is 0 Å². The number of nitrogens with zero attached hydrogens (tertiary/aromatic N) is 3. The van der Waals surface area contributed by atoms with Gasteiger partial charge in [0.05, 0.1) is 16.0 Å². The lowest BCUT2D eigenvalue weighted by Crippen LogP contribution is -1.63. The lowest BCUT2D eigenvalue weighted by Gasteiger charge is -1.78. The summed E-state index contributed by atoms with van der Waals surface area (Å²) >= 11 is 0. The maximum absolute atomic E-state index is 8.47. The van der Waals surface area contributed by atoms with E-state index in [-0.39, 0.29) is 0 Å². The van der Waals surface area contributed by atoms with Crippen LogP contribution in [0.15, 0.2) is 24.3 Å². The smallest absolute Gasteiger partial charge is 0.184 e. The van der Waals surface area contributed by atoms with Gasteiger partial charge in [-0.1, -0.05) is 12.1 Å². The molecule has 1 heterocycles. The van der Waals surface area contributed by atoms with Gasteiger partial charge >= 0.3 is 5.82 Å². The van der Waals surface area contributed by atoms with E-state index < -0.39 is 0 Å². The minimum absolute atomic E-state index is 0.334. The Kier molecular flexibility index (Phi) is 1.10. The molecule has 0 spiro atoms. The van der Waals surface area contributed by atoms with Crippen molar-refractivity contribution in [1.82, 2.24) is 10.2 Å². The molecule has 4 nitrogen and oxygen atoms in total. The van der Waals surface area contributed by atoms with Gasteiger partial charge in [-0.25, -0.2) is 0 Å². The SMILES string of the molecule is N#[N+]c1n[nH]c2ccccc12. The van der Waals surface area contributed by atoms with Gasteiger partial charge in [0.1, 0.15) is 5.39 Å². The van der Waals surface area contributed by atoms with Gasteiger partial charge in [-0.15, -0.1) is 0 Å². The molecule has 0 aliphatic rings. The van der Waals surface area contributed by atoms with Crippen LogP contribution in [0.4, 0.5) is 5.82 Å². The van der Waals surface area contributed by atoms with Crippen molar-refractivity contribution in [1.29, 1.82) is 5.39 Å². The van der Waals surface area contributed by atoms with Crippen molar-refractivity contribution >= 4 is 16.7 Å². The number of rotatable bonds is 0. The molecule has 0 aliphatic heterocycles. The van der Waals surface area contributed by atoms with E-state index in [0.29, 0.717) is 5.82 Å². The summed E-state index contributed by atoms with van der Waals surface area (Å²) in [6.45, 7) is 0. The third-order valence-electron chi connectivity index (χ3n) is 1.54. The average Bonchev–Trinajstić information content (AvgIpc) is 2.47. The number of hydrogen-bond donors (Lipinski definition) is 1. The van der Waals surface area contributed by atoms with E-state index in [1.165, 1.54) is 0 Å². The molecule has 0 amide bonds. The van der Waals surface area contributed by atoms with E-state index in [0.717, 1.165) is 10.9 Å². The van der Waals surface area contributed by atoms with Gasteiger partial charge < -0.3 is 0 Å². The first-order valence-corrected chi connectivity index (χ1v) is 3.20. The monoisotopic (exact) mass is 145 g/mol. The molecule has 0 bridgehead atoms. The number of nitrogens with one attached hydrogen (secondary N) is 1. The van der Waals surface area contributed by atoms with Crippen molar-refractivity contribution in [3.63, 3.8) is 0 Å². The zero-order valence-corrected chi connectivity index (χ0v) is 5.65. The highest BCUT2D eigenvalue weighted by Crippen LogP contribution is 2.21. The van der Waals surface area contributed by atoms with Crippen molar-refractivity contribution in [3.8, 4) is 0 Å². The first-order chi connectivity index (χ1) is 5.42. The predicted molar refractivity (Wildman–Crippen MR) is 40.8 cm³/mol. The van der Waals surface area contributed by atoms with Crippen molar-refractivity contribution < 1.29 is 0 Å². The molecule has 0 saturated carbocycles. The number of hydrogen-bond acceptors (Lipinski definition) is 2. The molecule has 0 aliphatic carbocycles. The summed E-state index contributed by atoms with van der Waals surface area (Å²) in [6, 6.07) is 7.47. The summed E-state index contributed by atoms with van der Waals surface area (Å²) in [5, 5.41) is 15.8. The zero-order chi connectivity index (χ0) is 7.68. The molecule has 0 radical (unpaired) electrons. The Bertz CT molecular complexity index is 423.